The SMILES string of the molecule is CCOC(=O)c1c(CC(=O)O)[nH]c2ccccc12. The molecule has 0 unspecified atom stereocenters. The zero-order valence-corrected chi connectivity index (χ0v) is 9.90. The lowest BCUT2D eigenvalue weighted by atomic mass is 10.1. The highest BCUT2D eigenvalue weighted by Gasteiger charge is 2.20. The van der Waals surface area contributed by atoms with Crippen LogP contribution in [0.3, 0.4) is 0 Å². The van der Waals surface area contributed by atoms with Crippen LogP contribution in [-0.4, -0.2) is 28.6 Å². The number of esters is 1. The van der Waals surface area contributed by atoms with Gasteiger partial charge in [-0.05, 0) is 13.0 Å². The number of carboxylic acid groups (broad SMARTS) is 1. The van der Waals surface area contributed by atoms with Gasteiger partial charge >= 0.3 is 11.9 Å². The van der Waals surface area contributed by atoms with E-state index in [2.05, 4.69) is 4.98 Å². The number of aromatic amines is 1. The van der Waals surface area contributed by atoms with Crippen molar-refractivity contribution in [3.63, 3.8) is 0 Å². The summed E-state index contributed by atoms with van der Waals surface area (Å²) in [5.74, 6) is -1.49. The van der Waals surface area contributed by atoms with Gasteiger partial charge in [0.1, 0.15) is 0 Å². The van der Waals surface area contributed by atoms with Crippen molar-refractivity contribution in [3.8, 4) is 0 Å². The molecule has 0 aliphatic rings. The molecule has 0 saturated carbocycles. The number of para-hydroxylation sites is 1. The first kappa shape index (κ1) is 12.2. The Hall–Kier alpha value is -2.30. The number of fused-ring (bicyclic) bond motifs is 1. The van der Waals surface area contributed by atoms with Gasteiger partial charge in [-0.15, -0.1) is 0 Å². The number of aliphatic carboxylic acids is 1. The van der Waals surface area contributed by atoms with Crippen molar-refractivity contribution < 1.29 is 19.4 Å². The normalized spacial score (nSPS) is 10.5. The zero-order chi connectivity index (χ0) is 13.1. The highest BCUT2D eigenvalue weighted by Crippen LogP contribution is 2.23. The summed E-state index contributed by atoms with van der Waals surface area (Å²) in [4.78, 5) is 25.6. The second kappa shape index (κ2) is 4.91. The smallest absolute Gasteiger partial charge is 0.340 e. The van der Waals surface area contributed by atoms with Crippen molar-refractivity contribution in [1.82, 2.24) is 4.98 Å². The minimum atomic E-state index is -0.993. The van der Waals surface area contributed by atoms with Crippen LogP contribution in [-0.2, 0) is 16.0 Å². The summed E-state index contributed by atoms with van der Waals surface area (Å²) < 4.78 is 4.96. The Morgan fingerprint density at radius 2 is 2.06 bits per heavy atom. The fourth-order valence-electron chi connectivity index (χ4n) is 1.92. The van der Waals surface area contributed by atoms with Gasteiger partial charge in [0.25, 0.3) is 0 Å². The topological polar surface area (TPSA) is 79.4 Å². The van der Waals surface area contributed by atoms with Gasteiger partial charge in [-0.1, -0.05) is 18.2 Å². The molecule has 94 valence electrons. The van der Waals surface area contributed by atoms with Gasteiger partial charge in [0.2, 0.25) is 0 Å². The van der Waals surface area contributed by atoms with Crippen molar-refractivity contribution in [2.24, 2.45) is 0 Å². The van der Waals surface area contributed by atoms with E-state index in [1.165, 1.54) is 0 Å². The third-order valence-electron chi connectivity index (χ3n) is 2.59. The monoisotopic (exact) mass is 247 g/mol. The van der Waals surface area contributed by atoms with E-state index in [4.69, 9.17) is 9.84 Å². The molecule has 2 rings (SSSR count). The highest BCUT2D eigenvalue weighted by molar-refractivity contribution is 6.06. The molecule has 0 radical (unpaired) electrons. The van der Waals surface area contributed by atoms with E-state index < -0.39 is 11.9 Å². The fourth-order valence-corrected chi connectivity index (χ4v) is 1.92. The Labute approximate surface area is 103 Å². The maximum Gasteiger partial charge on any atom is 0.340 e. The van der Waals surface area contributed by atoms with Gasteiger partial charge in [-0.2, -0.15) is 0 Å². The number of carbonyl (C=O) groups is 2. The lowest BCUT2D eigenvalue weighted by molar-refractivity contribution is -0.136. The lowest BCUT2D eigenvalue weighted by Gasteiger charge is -2.02. The van der Waals surface area contributed by atoms with Crippen molar-refractivity contribution in [2.75, 3.05) is 6.61 Å². The largest absolute Gasteiger partial charge is 0.481 e. The molecule has 0 bridgehead atoms. The lowest BCUT2D eigenvalue weighted by Crippen LogP contribution is -2.10. The third kappa shape index (κ3) is 2.20. The number of hydrogen-bond acceptors (Lipinski definition) is 3. The predicted molar refractivity (Wildman–Crippen MR) is 65.6 cm³/mol. The number of benzene rings is 1. The van der Waals surface area contributed by atoms with Crippen LogP contribution < -0.4 is 0 Å². The summed E-state index contributed by atoms with van der Waals surface area (Å²) in [6.45, 7) is 1.97. The van der Waals surface area contributed by atoms with Crippen molar-refractivity contribution in [1.29, 1.82) is 0 Å². The van der Waals surface area contributed by atoms with E-state index in [-0.39, 0.29) is 13.0 Å². The number of carbonyl (C=O) groups excluding carboxylic acids is 1. The van der Waals surface area contributed by atoms with E-state index in [0.29, 0.717) is 16.6 Å². The molecule has 1 aromatic heterocycles. The van der Waals surface area contributed by atoms with Crippen LogP contribution in [0.25, 0.3) is 10.9 Å². The molecule has 2 aromatic rings. The standard InChI is InChI=1S/C13H13NO4/c1-2-18-13(17)12-8-5-3-4-6-9(8)14-10(12)7-11(15)16/h3-6,14H,2,7H2,1H3,(H,15,16). The number of rotatable bonds is 4. The molecule has 1 heterocycles. The summed E-state index contributed by atoms with van der Waals surface area (Å²) in [5.41, 5.74) is 1.42. The molecule has 0 saturated heterocycles. The summed E-state index contributed by atoms with van der Waals surface area (Å²) in [5, 5.41) is 9.54. The van der Waals surface area contributed by atoms with E-state index in [0.717, 1.165) is 5.52 Å². The average Bonchev–Trinajstić information content (AvgIpc) is 2.66. The number of aromatic nitrogens is 1. The number of ether oxygens (including phenoxy) is 1. The van der Waals surface area contributed by atoms with Gasteiger partial charge in [0.15, 0.2) is 0 Å². The van der Waals surface area contributed by atoms with Gasteiger partial charge in [-0.3, -0.25) is 4.79 Å². The first-order valence-electron chi connectivity index (χ1n) is 5.62. The number of hydrogen-bond donors (Lipinski definition) is 2. The molecule has 0 fully saturated rings. The summed E-state index contributed by atoms with van der Waals surface area (Å²) in [7, 11) is 0. The fraction of sp³-hybridized carbons (Fsp3) is 0.231. The van der Waals surface area contributed by atoms with Crippen LogP contribution in [0.4, 0.5) is 0 Å². The van der Waals surface area contributed by atoms with Gasteiger partial charge < -0.3 is 14.8 Å². The number of nitrogens with one attached hydrogen (secondary N) is 1. The molecule has 0 aliphatic heterocycles. The van der Waals surface area contributed by atoms with Crippen LogP contribution in [0.1, 0.15) is 23.0 Å². The van der Waals surface area contributed by atoms with Crippen LogP contribution in [0.5, 0.6) is 0 Å². The Kier molecular flexibility index (Phi) is 3.32. The minimum absolute atomic E-state index is 0.233. The van der Waals surface area contributed by atoms with Crippen molar-refractivity contribution >= 4 is 22.8 Å². The summed E-state index contributed by atoms with van der Waals surface area (Å²) in [6, 6.07) is 7.18. The maximum atomic E-state index is 11.9. The predicted octanol–water partition coefficient (Wildman–Crippen LogP) is 1.97. The summed E-state index contributed by atoms with van der Waals surface area (Å²) in [6.07, 6.45) is -0.233. The molecule has 5 heteroatoms. The van der Waals surface area contributed by atoms with Crippen LogP contribution >= 0.6 is 0 Å². The Morgan fingerprint density at radius 3 is 2.72 bits per heavy atom. The second-order valence-corrected chi connectivity index (χ2v) is 3.82. The zero-order valence-electron chi connectivity index (χ0n) is 9.90. The molecule has 0 aliphatic carbocycles. The van der Waals surface area contributed by atoms with Gasteiger partial charge in [0, 0.05) is 16.6 Å². The molecule has 0 spiro atoms. The first-order valence-corrected chi connectivity index (χ1v) is 5.62. The summed E-state index contributed by atoms with van der Waals surface area (Å²) >= 11 is 0. The quantitative estimate of drug-likeness (QED) is 0.809. The van der Waals surface area contributed by atoms with Crippen molar-refractivity contribution in [2.45, 2.75) is 13.3 Å². The molecule has 0 atom stereocenters. The van der Waals surface area contributed by atoms with Crippen LogP contribution in [0.15, 0.2) is 24.3 Å². The van der Waals surface area contributed by atoms with E-state index in [1.807, 2.05) is 6.07 Å². The number of carboxylic acids is 1. The van der Waals surface area contributed by atoms with Crippen molar-refractivity contribution in [3.05, 3.63) is 35.5 Å². The molecule has 2 N–H and O–H groups in total. The molecular weight excluding hydrogens is 234 g/mol. The molecule has 5 nitrogen and oxygen atoms in total. The number of H-pyrrole nitrogens is 1. The highest BCUT2D eigenvalue weighted by atomic mass is 16.5. The first-order chi connectivity index (χ1) is 8.63. The Balaban J connectivity index is 2.57. The van der Waals surface area contributed by atoms with E-state index in [9.17, 15) is 9.59 Å². The van der Waals surface area contributed by atoms with Gasteiger partial charge in [0.05, 0.1) is 18.6 Å². The second-order valence-electron chi connectivity index (χ2n) is 3.82. The minimum Gasteiger partial charge on any atom is -0.481 e. The van der Waals surface area contributed by atoms with Crippen LogP contribution in [0.2, 0.25) is 0 Å². The Bertz CT molecular complexity index is 600. The Morgan fingerprint density at radius 1 is 1.33 bits per heavy atom. The van der Waals surface area contributed by atoms with E-state index >= 15 is 0 Å². The van der Waals surface area contributed by atoms with E-state index in [1.54, 1.807) is 25.1 Å². The maximum absolute atomic E-state index is 11.9. The molecule has 1 aromatic carbocycles. The molecule has 18 heavy (non-hydrogen) atoms. The van der Waals surface area contributed by atoms with Gasteiger partial charge in [-0.25, -0.2) is 4.79 Å². The molecular formula is C13H13NO4. The third-order valence-corrected chi connectivity index (χ3v) is 2.59. The average molecular weight is 247 g/mol. The molecule has 0 amide bonds. The van der Waals surface area contributed by atoms with Crippen LogP contribution in [0, 0.1) is 0 Å².